The van der Waals surface area contributed by atoms with Crippen molar-refractivity contribution in [2.45, 2.75) is 42.2 Å². The van der Waals surface area contributed by atoms with Crippen LogP contribution in [0.5, 0.6) is 0 Å². The molecule has 1 fully saturated rings. The summed E-state index contributed by atoms with van der Waals surface area (Å²) < 4.78 is 72.7. The fourth-order valence-electron chi connectivity index (χ4n) is 3.80. The number of aliphatic carboxylic acids is 1. The number of carboxylic acids is 1. The first-order chi connectivity index (χ1) is 18.7. The Balaban J connectivity index is 0.000000559. The zero-order valence-electron chi connectivity index (χ0n) is 20.8. The molecule has 0 spiro atoms. The highest BCUT2D eigenvalue weighted by Crippen LogP contribution is 2.48. The van der Waals surface area contributed by atoms with E-state index in [1.807, 2.05) is 18.2 Å². The number of nitrogens with one attached hydrogen (secondary N) is 2. The van der Waals surface area contributed by atoms with E-state index in [2.05, 4.69) is 22.2 Å². The number of carbonyl (C=O) groups excluding carboxylic acids is 1. The molecule has 1 saturated carbocycles. The first kappa shape index (κ1) is 30.9. The summed E-state index contributed by atoms with van der Waals surface area (Å²) in [6.45, 7) is 0.605. The minimum absolute atomic E-state index is 0.00449. The predicted molar refractivity (Wildman–Crippen MR) is 141 cm³/mol. The molecule has 0 saturated heterocycles. The highest BCUT2D eigenvalue weighted by molar-refractivity contribution is 7.92. The van der Waals surface area contributed by atoms with Crippen molar-refractivity contribution in [1.29, 1.82) is 0 Å². The van der Waals surface area contributed by atoms with Gasteiger partial charge in [0.15, 0.2) is 0 Å². The molecule has 1 aliphatic carbocycles. The molecule has 0 atom stereocenters. The molecule has 13 heteroatoms. The van der Waals surface area contributed by atoms with E-state index >= 15 is 0 Å². The molecule has 3 aromatic carbocycles. The smallest absolute Gasteiger partial charge is 0.475 e. The fraction of sp³-hybridized carbons (Fsp3) is 0.259. The Morgan fingerprint density at radius 2 is 1.57 bits per heavy atom. The van der Waals surface area contributed by atoms with E-state index in [9.17, 15) is 30.8 Å². The molecule has 0 unspecified atom stereocenters. The van der Waals surface area contributed by atoms with E-state index in [0.29, 0.717) is 12.2 Å². The Labute approximate surface area is 233 Å². The van der Waals surface area contributed by atoms with E-state index in [0.717, 1.165) is 49.4 Å². The number of alkyl halides is 3. The Morgan fingerprint density at radius 3 is 2.10 bits per heavy atom. The number of anilines is 1. The van der Waals surface area contributed by atoms with Gasteiger partial charge in [0.25, 0.3) is 10.0 Å². The number of halogens is 5. The number of amides is 1. The van der Waals surface area contributed by atoms with Crippen molar-refractivity contribution in [2.75, 3.05) is 11.3 Å². The van der Waals surface area contributed by atoms with Crippen LogP contribution >= 0.6 is 11.6 Å². The number of rotatable bonds is 9. The van der Waals surface area contributed by atoms with E-state index in [-0.39, 0.29) is 15.8 Å². The summed E-state index contributed by atoms with van der Waals surface area (Å²) in [5, 5.41) is 9.90. The number of carbonyl (C=O) groups is 2. The van der Waals surface area contributed by atoms with Crippen LogP contribution in [0.4, 0.5) is 23.2 Å². The fourth-order valence-corrected chi connectivity index (χ4v) is 5.13. The molecular weight excluding hydrogens is 576 g/mol. The van der Waals surface area contributed by atoms with Crippen LogP contribution in [0.25, 0.3) is 0 Å². The van der Waals surface area contributed by atoms with Crippen molar-refractivity contribution in [2.24, 2.45) is 0 Å². The topological polar surface area (TPSA) is 113 Å². The van der Waals surface area contributed by atoms with Gasteiger partial charge in [-0.2, -0.15) is 13.2 Å². The van der Waals surface area contributed by atoms with Gasteiger partial charge >= 0.3 is 12.1 Å². The summed E-state index contributed by atoms with van der Waals surface area (Å²) in [5.41, 5.74) is 1.90. The zero-order chi connectivity index (χ0) is 29.6. The maximum atomic E-state index is 13.3. The van der Waals surface area contributed by atoms with Crippen LogP contribution in [0.2, 0.25) is 5.02 Å². The third kappa shape index (κ3) is 8.18. The summed E-state index contributed by atoms with van der Waals surface area (Å²) in [4.78, 5) is 21.6. The molecule has 7 nitrogen and oxygen atoms in total. The first-order valence-electron chi connectivity index (χ1n) is 12.0. The highest BCUT2D eigenvalue weighted by Gasteiger charge is 2.51. The van der Waals surface area contributed by atoms with Gasteiger partial charge in [-0.1, -0.05) is 54.1 Å². The number of carboxylic acid groups (broad SMARTS) is 1. The molecule has 0 aromatic heterocycles. The Bertz CT molecular complexity index is 1450. The second-order valence-electron chi connectivity index (χ2n) is 8.99. The molecule has 0 radical (unpaired) electrons. The minimum atomic E-state index is -5.08. The molecule has 1 amide bonds. The third-order valence-electron chi connectivity index (χ3n) is 6.09. The number of aryl methyl sites for hydroxylation is 1. The van der Waals surface area contributed by atoms with E-state index in [1.165, 1.54) is 5.56 Å². The number of hydrogen-bond donors (Lipinski definition) is 3. The molecule has 40 heavy (non-hydrogen) atoms. The van der Waals surface area contributed by atoms with Gasteiger partial charge in [-0.05, 0) is 67.1 Å². The normalized spacial score (nSPS) is 13.9. The third-order valence-corrected chi connectivity index (χ3v) is 7.76. The average molecular weight is 601 g/mol. The molecule has 4 rings (SSSR count). The van der Waals surface area contributed by atoms with Gasteiger partial charge in [-0.15, -0.1) is 0 Å². The summed E-state index contributed by atoms with van der Waals surface area (Å²) in [7, 11) is -3.92. The van der Waals surface area contributed by atoms with E-state index in [4.69, 9.17) is 21.5 Å². The van der Waals surface area contributed by atoms with Crippen molar-refractivity contribution in [3.05, 3.63) is 94.8 Å². The molecule has 3 N–H and O–H groups in total. The molecule has 1 aliphatic rings. The van der Waals surface area contributed by atoms with Crippen molar-refractivity contribution in [1.82, 2.24) is 5.32 Å². The summed E-state index contributed by atoms with van der Waals surface area (Å²) in [6.07, 6.45) is -1.80. The van der Waals surface area contributed by atoms with Crippen LogP contribution in [0.15, 0.2) is 77.7 Å². The number of hydrogen-bond acceptors (Lipinski definition) is 4. The zero-order valence-corrected chi connectivity index (χ0v) is 22.4. The lowest BCUT2D eigenvalue weighted by Gasteiger charge is -2.17. The molecule has 3 aromatic rings. The minimum Gasteiger partial charge on any atom is -0.475 e. The van der Waals surface area contributed by atoms with Crippen LogP contribution in [-0.4, -0.2) is 38.1 Å². The van der Waals surface area contributed by atoms with Gasteiger partial charge in [-0.3, -0.25) is 9.52 Å². The van der Waals surface area contributed by atoms with Gasteiger partial charge in [0.1, 0.15) is 5.82 Å². The van der Waals surface area contributed by atoms with Gasteiger partial charge in [0.2, 0.25) is 5.91 Å². The summed E-state index contributed by atoms with van der Waals surface area (Å²) >= 11 is 5.70. The molecule has 0 bridgehead atoms. The van der Waals surface area contributed by atoms with Crippen molar-refractivity contribution in [3.8, 4) is 0 Å². The van der Waals surface area contributed by atoms with Crippen molar-refractivity contribution < 1.29 is 40.7 Å². The van der Waals surface area contributed by atoms with Gasteiger partial charge in [0.05, 0.1) is 15.3 Å². The van der Waals surface area contributed by atoms with E-state index < -0.39 is 33.4 Å². The molecular formula is C27H25ClF4N2O5S. The largest absolute Gasteiger partial charge is 0.490 e. The monoisotopic (exact) mass is 600 g/mol. The number of benzene rings is 3. The standard InChI is InChI=1S/C25H24ClFN2O3S.C2HF3O2/c26-22-17-21(12-13-23(22)27)33(31,32)29-20-10-8-19(9-11-20)25(14-15-25)24(30)28-16-4-7-18-5-2-1-3-6-18;3-2(4,5)1(6)7/h1-3,5-6,8-13,17,29H,4,7,14-16H2,(H,28,30);(H,6,7). The van der Waals surface area contributed by atoms with Crippen LogP contribution < -0.4 is 10.0 Å². The van der Waals surface area contributed by atoms with Crippen LogP contribution in [0.3, 0.4) is 0 Å². The Morgan fingerprint density at radius 1 is 0.975 bits per heavy atom. The van der Waals surface area contributed by atoms with Crippen LogP contribution in [0, 0.1) is 5.82 Å². The SMILES string of the molecule is O=C(NCCCc1ccccc1)C1(c2ccc(NS(=O)(=O)c3ccc(F)c(Cl)c3)cc2)CC1.O=C(O)C(F)(F)F. The van der Waals surface area contributed by atoms with Crippen molar-refractivity contribution in [3.63, 3.8) is 0 Å². The summed E-state index contributed by atoms with van der Waals surface area (Å²) in [6, 6.07) is 20.2. The highest BCUT2D eigenvalue weighted by atomic mass is 35.5. The maximum absolute atomic E-state index is 13.3. The average Bonchev–Trinajstić information content (AvgIpc) is 3.71. The van der Waals surface area contributed by atoms with Crippen LogP contribution in [0.1, 0.15) is 30.4 Å². The quantitative estimate of drug-likeness (QED) is 0.216. The maximum Gasteiger partial charge on any atom is 0.490 e. The lowest BCUT2D eigenvalue weighted by molar-refractivity contribution is -0.192. The summed E-state index contributed by atoms with van der Waals surface area (Å²) in [5.74, 6) is -3.44. The Kier molecular flexibility index (Phi) is 9.80. The van der Waals surface area contributed by atoms with Crippen LogP contribution in [-0.2, 0) is 31.4 Å². The predicted octanol–water partition coefficient (Wildman–Crippen LogP) is 5.69. The van der Waals surface area contributed by atoms with Gasteiger partial charge in [-0.25, -0.2) is 17.6 Å². The van der Waals surface area contributed by atoms with Gasteiger partial charge < -0.3 is 10.4 Å². The molecule has 0 aliphatic heterocycles. The van der Waals surface area contributed by atoms with E-state index in [1.54, 1.807) is 24.3 Å². The van der Waals surface area contributed by atoms with Gasteiger partial charge in [0, 0.05) is 12.2 Å². The Hall–Kier alpha value is -3.64. The molecule has 214 valence electrons. The second kappa shape index (κ2) is 12.7. The second-order valence-corrected chi connectivity index (χ2v) is 11.1. The lowest BCUT2D eigenvalue weighted by atomic mass is 9.94. The van der Waals surface area contributed by atoms with Crippen molar-refractivity contribution >= 4 is 39.2 Å². The number of sulfonamides is 1. The molecule has 0 heterocycles. The lowest BCUT2D eigenvalue weighted by Crippen LogP contribution is -2.35. The first-order valence-corrected chi connectivity index (χ1v) is 13.8.